The van der Waals surface area contributed by atoms with Crippen LogP contribution in [0.25, 0.3) is 0 Å². The van der Waals surface area contributed by atoms with Crippen LogP contribution in [-0.2, 0) is 38.3 Å². The van der Waals surface area contributed by atoms with Gasteiger partial charge in [-0.15, -0.1) is 0 Å². The summed E-state index contributed by atoms with van der Waals surface area (Å²) >= 11 is 0. The standard InChI is InChI=1S/C31H44O8/c1-15-9-20-22(35-20)11-17(15)12-31(14-24-21(36-24)10-16(31)2)28(33)39-38-27(32)25-26-19(37-26)6-8-30(25,4)29(3)7-5-18-23(13-29)34-18/h15-26H,5-14H2,1-4H3. The molecule has 0 aromatic rings. The number of fused-ring (bicyclic) bond motifs is 4. The normalized spacial score (nSPS) is 58.1. The van der Waals surface area contributed by atoms with E-state index >= 15 is 0 Å². The van der Waals surface area contributed by atoms with E-state index in [0.717, 1.165) is 57.8 Å². The molecule has 4 heterocycles. The van der Waals surface area contributed by atoms with Crippen molar-refractivity contribution >= 4 is 11.9 Å². The van der Waals surface area contributed by atoms with Gasteiger partial charge < -0.3 is 18.9 Å². The van der Waals surface area contributed by atoms with Gasteiger partial charge in [-0.2, -0.15) is 0 Å². The minimum atomic E-state index is -0.708. The van der Waals surface area contributed by atoms with Gasteiger partial charge in [0.25, 0.3) is 0 Å². The Kier molecular flexibility index (Phi) is 5.50. The fourth-order valence-corrected chi connectivity index (χ4v) is 9.85. The van der Waals surface area contributed by atoms with E-state index in [4.69, 9.17) is 28.7 Å². The van der Waals surface area contributed by atoms with Gasteiger partial charge in [0.15, 0.2) is 0 Å². The predicted molar refractivity (Wildman–Crippen MR) is 137 cm³/mol. The van der Waals surface area contributed by atoms with Crippen molar-refractivity contribution in [1.82, 2.24) is 0 Å². The maximum Gasteiger partial charge on any atom is 0.362 e. The molecule has 4 saturated carbocycles. The summed E-state index contributed by atoms with van der Waals surface area (Å²) in [7, 11) is 0. The first-order valence-electron chi connectivity index (χ1n) is 15.6. The van der Waals surface area contributed by atoms with Gasteiger partial charge in [-0.1, -0.05) is 27.7 Å². The summed E-state index contributed by atoms with van der Waals surface area (Å²) in [5, 5.41) is 0. The summed E-state index contributed by atoms with van der Waals surface area (Å²) in [6, 6.07) is 0. The number of hydrogen-bond donors (Lipinski definition) is 0. The van der Waals surface area contributed by atoms with Crippen LogP contribution >= 0.6 is 0 Å². The molecule has 0 amide bonds. The van der Waals surface area contributed by atoms with E-state index in [9.17, 15) is 9.59 Å². The molecule has 8 nitrogen and oxygen atoms in total. The second-order valence-corrected chi connectivity index (χ2v) is 15.2. The number of carbonyl (C=O) groups excluding carboxylic acids is 2. The van der Waals surface area contributed by atoms with E-state index in [1.807, 2.05) is 0 Å². The molecule has 4 aliphatic carbocycles. The van der Waals surface area contributed by atoms with Crippen LogP contribution in [0.5, 0.6) is 0 Å². The minimum absolute atomic E-state index is 0.0490. The van der Waals surface area contributed by atoms with Crippen molar-refractivity contribution in [3.8, 4) is 0 Å². The highest BCUT2D eigenvalue weighted by atomic mass is 17.2. The third-order valence-corrected chi connectivity index (χ3v) is 13.2. The van der Waals surface area contributed by atoms with E-state index < -0.39 is 23.3 Å². The molecule has 0 spiro atoms. The Bertz CT molecular complexity index is 1060. The molecule has 4 saturated heterocycles. The zero-order valence-electron chi connectivity index (χ0n) is 23.8. The van der Waals surface area contributed by atoms with E-state index in [0.29, 0.717) is 42.7 Å². The van der Waals surface area contributed by atoms with Gasteiger partial charge in [0.05, 0.1) is 60.2 Å². The first-order chi connectivity index (χ1) is 18.6. The van der Waals surface area contributed by atoms with Gasteiger partial charge in [-0.05, 0) is 92.8 Å². The highest BCUT2D eigenvalue weighted by Gasteiger charge is 2.68. The van der Waals surface area contributed by atoms with Crippen molar-refractivity contribution in [2.24, 2.45) is 39.9 Å². The fraction of sp³-hybridized carbons (Fsp3) is 0.935. The average molecular weight is 545 g/mol. The topological polar surface area (TPSA) is 103 Å². The van der Waals surface area contributed by atoms with Crippen molar-refractivity contribution < 1.29 is 38.3 Å². The summed E-state index contributed by atoms with van der Waals surface area (Å²) in [4.78, 5) is 39.0. The Morgan fingerprint density at radius 2 is 1.46 bits per heavy atom. The van der Waals surface area contributed by atoms with Gasteiger partial charge in [0, 0.05) is 0 Å². The largest absolute Gasteiger partial charge is 0.370 e. The molecular weight excluding hydrogens is 500 g/mol. The zero-order valence-corrected chi connectivity index (χ0v) is 23.8. The first-order valence-corrected chi connectivity index (χ1v) is 15.6. The molecule has 0 radical (unpaired) electrons. The third-order valence-electron chi connectivity index (χ3n) is 13.2. The lowest BCUT2D eigenvalue weighted by atomic mass is 9.50. The quantitative estimate of drug-likeness (QED) is 0.283. The molecular formula is C31H44O8. The Balaban J connectivity index is 1.00. The van der Waals surface area contributed by atoms with Crippen molar-refractivity contribution in [3.05, 3.63) is 0 Å². The number of hydrogen-bond acceptors (Lipinski definition) is 8. The van der Waals surface area contributed by atoms with Gasteiger partial charge in [0.2, 0.25) is 0 Å². The second kappa shape index (κ2) is 8.42. The minimum Gasteiger partial charge on any atom is -0.370 e. The lowest BCUT2D eigenvalue weighted by Gasteiger charge is -2.52. The molecule has 0 bridgehead atoms. The molecule has 0 aromatic heterocycles. The number of carbonyl (C=O) groups is 2. The van der Waals surface area contributed by atoms with E-state index in [2.05, 4.69) is 27.7 Å². The van der Waals surface area contributed by atoms with Crippen molar-refractivity contribution in [2.45, 2.75) is 141 Å². The lowest BCUT2D eigenvalue weighted by Crippen LogP contribution is -2.53. The fourth-order valence-electron chi connectivity index (χ4n) is 9.85. The Labute approximate surface area is 231 Å². The molecule has 216 valence electrons. The van der Waals surface area contributed by atoms with Gasteiger partial charge in [-0.3, -0.25) is 0 Å². The molecule has 15 unspecified atom stereocenters. The Hall–Kier alpha value is -1.22. The molecule has 0 aromatic carbocycles. The highest BCUT2D eigenvalue weighted by molar-refractivity contribution is 5.80. The maximum atomic E-state index is 14.0. The third kappa shape index (κ3) is 3.98. The Morgan fingerprint density at radius 1 is 0.769 bits per heavy atom. The van der Waals surface area contributed by atoms with Crippen molar-refractivity contribution in [2.75, 3.05) is 0 Å². The van der Waals surface area contributed by atoms with Crippen LogP contribution in [0.4, 0.5) is 0 Å². The first kappa shape index (κ1) is 25.5. The maximum absolute atomic E-state index is 14.0. The summed E-state index contributed by atoms with van der Waals surface area (Å²) in [6.45, 7) is 8.96. The van der Waals surface area contributed by atoms with Gasteiger partial charge in [-0.25, -0.2) is 19.4 Å². The Morgan fingerprint density at radius 3 is 2.28 bits per heavy atom. The number of ether oxygens (including phenoxy) is 4. The molecule has 4 aliphatic heterocycles. The van der Waals surface area contributed by atoms with Crippen LogP contribution in [-0.4, -0.2) is 60.8 Å². The van der Waals surface area contributed by atoms with E-state index in [-0.39, 0.29) is 41.2 Å². The van der Waals surface area contributed by atoms with Crippen LogP contribution in [0.1, 0.15) is 91.9 Å². The summed E-state index contributed by atoms with van der Waals surface area (Å²) in [5.41, 5.74) is -1.05. The molecule has 8 fully saturated rings. The second-order valence-electron chi connectivity index (χ2n) is 15.2. The number of epoxide rings is 4. The summed E-state index contributed by atoms with van der Waals surface area (Å²) in [6.07, 6.45) is 10.9. The molecule has 8 rings (SSSR count). The van der Waals surface area contributed by atoms with Gasteiger partial charge >= 0.3 is 11.9 Å². The van der Waals surface area contributed by atoms with Crippen LogP contribution in [0.15, 0.2) is 0 Å². The van der Waals surface area contributed by atoms with E-state index in [1.165, 1.54) is 0 Å². The summed E-state index contributed by atoms with van der Waals surface area (Å²) in [5.74, 6) is -0.311. The van der Waals surface area contributed by atoms with E-state index in [1.54, 1.807) is 0 Å². The van der Waals surface area contributed by atoms with Crippen LogP contribution in [0.2, 0.25) is 0 Å². The molecule has 39 heavy (non-hydrogen) atoms. The molecule has 0 N–H and O–H groups in total. The SMILES string of the molecule is CC1CC2OC2CC1CC1(C(=O)OOC(=O)C2C3OC3CCC2(C)C2(C)CCC3OC3C2)CC2OC2CC1C. The smallest absolute Gasteiger partial charge is 0.362 e. The lowest BCUT2D eigenvalue weighted by molar-refractivity contribution is -0.278. The molecule has 8 heteroatoms. The van der Waals surface area contributed by atoms with Crippen LogP contribution < -0.4 is 0 Å². The highest BCUT2D eigenvalue weighted by Crippen LogP contribution is 2.65. The number of rotatable bonds is 5. The van der Waals surface area contributed by atoms with Crippen molar-refractivity contribution in [3.63, 3.8) is 0 Å². The summed E-state index contributed by atoms with van der Waals surface area (Å²) < 4.78 is 23.6. The van der Waals surface area contributed by atoms with Crippen LogP contribution in [0.3, 0.4) is 0 Å². The molecule has 15 atom stereocenters. The van der Waals surface area contributed by atoms with Crippen LogP contribution in [0, 0.1) is 39.9 Å². The molecule has 8 aliphatic rings. The predicted octanol–water partition coefficient (Wildman–Crippen LogP) is 4.52. The monoisotopic (exact) mass is 544 g/mol. The van der Waals surface area contributed by atoms with Gasteiger partial charge in [0.1, 0.15) is 0 Å². The van der Waals surface area contributed by atoms with Crippen molar-refractivity contribution in [1.29, 1.82) is 0 Å². The average Bonchev–Trinajstić information content (AvgIpc) is 3.71. The zero-order chi connectivity index (χ0) is 26.9.